The van der Waals surface area contributed by atoms with Gasteiger partial charge in [0, 0.05) is 56.7 Å². The number of likely N-dealkylation sites (tertiary alicyclic amines) is 1. The smallest absolute Gasteiger partial charge is 0.241 e. The van der Waals surface area contributed by atoms with E-state index in [-0.39, 0.29) is 23.2 Å². The minimum Gasteiger partial charge on any atom is -0.377 e. The maximum Gasteiger partial charge on any atom is 0.241 e. The Morgan fingerprint density at radius 3 is 2.44 bits per heavy atom. The second-order valence-electron chi connectivity index (χ2n) is 9.02. The number of nitrogens with one attached hydrogen (secondary N) is 2. The van der Waals surface area contributed by atoms with Crippen molar-refractivity contribution in [3.05, 3.63) is 36.4 Å². The second-order valence-corrected chi connectivity index (χ2v) is 10.7. The van der Waals surface area contributed by atoms with Gasteiger partial charge in [-0.05, 0) is 51.2 Å². The molecule has 200 valence electrons. The average Bonchev–Trinajstić information content (AvgIpc) is 2.85. The number of nitrogens with zero attached hydrogens (tertiary/aromatic N) is 3. The predicted molar refractivity (Wildman–Crippen MR) is 149 cm³/mol. The van der Waals surface area contributed by atoms with Crippen molar-refractivity contribution in [3.8, 4) is 0 Å². The first-order valence-electron chi connectivity index (χ1n) is 12.3. The number of nitrogens with two attached hydrogens (primary N) is 1. The summed E-state index contributed by atoms with van der Waals surface area (Å²) in [4.78, 5) is 21.5. The Morgan fingerprint density at radius 1 is 1.11 bits per heavy atom. The summed E-state index contributed by atoms with van der Waals surface area (Å²) in [5.74, 6) is 0.172. The third kappa shape index (κ3) is 7.47. The van der Waals surface area contributed by atoms with Crippen molar-refractivity contribution in [3.63, 3.8) is 0 Å². The number of carbonyl (C=O) groups excluding carboxylic acids is 1. The van der Waals surface area contributed by atoms with Crippen molar-refractivity contribution in [1.82, 2.24) is 14.9 Å². The van der Waals surface area contributed by atoms with Crippen LogP contribution in [0.15, 0.2) is 46.3 Å². The Morgan fingerprint density at radius 2 is 1.78 bits per heavy atom. The quantitative estimate of drug-likeness (QED) is 0.243. The molecular weight excluding hydrogens is 500 g/mol. The van der Waals surface area contributed by atoms with Crippen molar-refractivity contribution in [1.29, 1.82) is 0 Å². The van der Waals surface area contributed by atoms with Crippen LogP contribution in [0.2, 0.25) is 0 Å². The molecule has 4 N–H and O–H groups in total. The fourth-order valence-corrected chi connectivity index (χ4v) is 5.88. The summed E-state index contributed by atoms with van der Waals surface area (Å²) in [6.07, 6.45) is 3.82. The number of fused-ring (bicyclic) bond motifs is 1. The summed E-state index contributed by atoms with van der Waals surface area (Å²) in [5.41, 5.74) is 6.72. The van der Waals surface area contributed by atoms with Gasteiger partial charge in [0.25, 0.3) is 0 Å². The van der Waals surface area contributed by atoms with Gasteiger partial charge in [-0.25, -0.2) is 8.42 Å². The molecule has 1 saturated heterocycles. The van der Waals surface area contributed by atoms with E-state index in [4.69, 9.17) is 5.73 Å². The first kappa shape index (κ1) is 29.7. The van der Waals surface area contributed by atoms with Gasteiger partial charge >= 0.3 is 0 Å². The number of piperidine rings is 1. The van der Waals surface area contributed by atoms with Crippen LogP contribution in [0.4, 0.5) is 5.69 Å². The molecule has 1 atom stereocenters. The molecule has 0 radical (unpaired) electrons. The van der Waals surface area contributed by atoms with Gasteiger partial charge in [-0.1, -0.05) is 24.3 Å². The molecule has 3 rings (SSSR count). The van der Waals surface area contributed by atoms with Crippen LogP contribution in [-0.2, 0) is 14.8 Å². The first-order chi connectivity index (χ1) is 16.7. The lowest BCUT2D eigenvalue weighted by atomic mass is 10.1. The second kappa shape index (κ2) is 13.7. The van der Waals surface area contributed by atoms with E-state index in [1.54, 1.807) is 23.1 Å². The van der Waals surface area contributed by atoms with E-state index in [0.717, 1.165) is 30.3 Å². The zero-order chi connectivity index (χ0) is 25.4. The fraction of sp³-hybridized carbons (Fsp3) is 0.520. The van der Waals surface area contributed by atoms with Crippen LogP contribution in [0, 0.1) is 0 Å². The van der Waals surface area contributed by atoms with Gasteiger partial charge < -0.3 is 20.9 Å². The molecule has 1 aliphatic heterocycles. The van der Waals surface area contributed by atoms with E-state index >= 15 is 0 Å². The minimum absolute atomic E-state index is 0. The minimum atomic E-state index is -3.96. The standard InChI is InChI=1S/C25H38N6O3S.ClH/c1-4-27-25(26)28-16-10-13-21(24(32)31-17-6-5-7-18-31)29-35(33,34)23-15-9-11-19-20(23)12-8-14-22(19)30(2)3;/h8-9,11-12,14-15,21,29H,4-7,10,13,16-18H2,1-3H3,(H3,26,27,28);1H. The van der Waals surface area contributed by atoms with Crippen LogP contribution in [0.3, 0.4) is 0 Å². The Bertz CT molecular complexity index is 1150. The van der Waals surface area contributed by atoms with Crippen LogP contribution in [-0.4, -0.2) is 71.5 Å². The van der Waals surface area contributed by atoms with E-state index < -0.39 is 16.1 Å². The normalized spacial score (nSPS) is 15.3. The van der Waals surface area contributed by atoms with Gasteiger partial charge in [0.1, 0.15) is 6.04 Å². The lowest BCUT2D eigenvalue weighted by molar-refractivity contribution is -0.134. The number of sulfonamides is 1. The molecule has 0 bridgehead atoms. The van der Waals surface area contributed by atoms with E-state index in [1.165, 1.54) is 0 Å². The van der Waals surface area contributed by atoms with E-state index in [9.17, 15) is 13.2 Å². The van der Waals surface area contributed by atoms with Crippen LogP contribution in [0.1, 0.15) is 39.0 Å². The maximum atomic E-state index is 13.6. The highest BCUT2D eigenvalue weighted by Crippen LogP contribution is 2.30. The molecule has 1 fully saturated rings. The molecular formula is C25H39ClN6O3S. The summed E-state index contributed by atoms with van der Waals surface area (Å²) in [6.45, 7) is 4.32. The topological polar surface area (TPSA) is 120 Å². The Kier molecular flexibility index (Phi) is 11.3. The molecule has 11 heteroatoms. The summed E-state index contributed by atoms with van der Waals surface area (Å²) in [7, 11) is -0.116. The van der Waals surface area contributed by atoms with Gasteiger partial charge in [0.15, 0.2) is 5.96 Å². The fourth-order valence-electron chi connectivity index (χ4n) is 4.44. The van der Waals surface area contributed by atoms with Gasteiger partial charge in [0.05, 0.1) is 4.90 Å². The molecule has 1 amide bonds. The number of hydrogen-bond acceptors (Lipinski definition) is 5. The third-order valence-electron chi connectivity index (χ3n) is 6.18. The number of carbonyl (C=O) groups is 1. The van der Waals surface area contributed by atoms with E-state index in [1.807, 2.05) is 44.1 Å². The van der Waals surface area contributed by atoms with Crippen molar-refractivity contribution in [2.75, 3.05) is 45.2 Å². The molecule has 0 saturated carbocycles. The molecule has 2 aromatic carbocycles. The number of aliphatic imine (C=N–C) groups is 1. The lowest BCUT2D eigenvalue weighted by Crippen LogP contribution is -2.50. The van der Waals surface area contributed by atoms with Crippen molar-refractivity contribution in [2.45, 2.75) is 50.0 Å². The summed E-state index contributed by atoms with van der Waals surface area (Å²) < 4.78 is 29.9. The van der Waals surface area contributed by atoms with Crippen LogP contribution in [0.5, 0.6) is 0 Å². The number of guanidine groups is 1. The van der Waals surface area contributed by atoms with Gasteiger partial charge in [0.2, 0.25) is 15.9 Å². The molecule has 1 heterocycles. The van der Waals surface area contributed by atoms with Crippen LogP contribution in [0.25, 0.3) is 10.8 Å². The van der Waals surface area contributed by atoms with Crippen molar-refractivity contribution in [2.24, 2.45) is 10.7 Å². The summed E-state index contributed by atoms with van der Waals surface area (Å²) in [6, 6.07) is 9.98. The molecule has 0 aliphatic carbocycles. The van der Waals surface area contributed by atoms with E-state index in [0.29, 0.717) is 50.4 Å². The highest BCUT2D eigenvalue weighted by Gasteiger charge is 2.30. The zero-order valence-corrected chi connectivity index (χ0v) is 23.0. The lowest BCUT2D eigenvalue weighted by Gasteiger charge is -2.30. The molecule has 9 nitrogen and oxygen atoms in total. The monoisotopic (exact) mass is 538 g/mol. The zero-order valence-electron chi connectivity index (χ0n) is 21.4. The number of amides is 1. The maximum absolute atomic E-state index is 13.6. The highest BCUT2D eigenvalue weighted by molar-refractivity contribution is 7.89. The van der Waals surface area contributed by atoms with Gasteiger partial charge in [-0.15, -0.1) is 12.4 Å². The van der Waals surface area contributed by atoms with Gasteiger partial charge in [-0.2, -0.15) is 4.72 Å². The molecule has 0 aromatic heterocycles. The van der Waals surface area contributed by atoms with Crippen molar-refractivity contribution >= 4 is 50.8 Å². The number of halogens is 1. The Hall–Kier alpha value is -2.56. The third-order valence-corrected chi connectivity index (χ3v) is 7.71. The van der Waals surface area contributed by atoms with Crippen LogP contribution >= 0.6 is 12.4 Å². The number of hydrogen-bond donors (Lipinski definition) is 3. The number of rotatable bonds is 10. The molecule has 2 aromatic rings. The van der Waals surface area contributed by atoms with Crippen molar-refractivity contribution < 1.29 is 13.2 Å². The first-order valence-corrected chi connectivity index (χ1v) is 13.8. The summed E-state index contributed by atoms with van der Waals surface area (Å²) >= 11 is 0. The Balaban J connectivity index is 0.00000456. The summed E-state index contributed by atoms with van der Waals surface area (Å²) in [5, 5.41) is 4.40. The largest absolute Gasteiger partial charge is 0.377 e. The SMILES string of the molecule is CCNC(N)=NCCCC(NS(=O)(=O)c1cccc2c(N(C)C)cccc12)C(=O)N1CCCCC1.Cl. The van der Waals surface area contributed by atoms with Crippen LogP contribution < -0.4 is 20.7 Å². The number of anilines is 1. The number of benzene rings is 2. The Labute approximate surface area is 221 Å². The molecule has 36 heavy (non-hydrogen) atoms. The predicted octanol–water partition coefficient (Wildman–Crippen LogP) is 2.69. The van der Waals surface area contributed by atoms with Gasteiger partial charge in [-0.3, -0.25) is 9.79 Å². The molecule has 1 unspecified atom stereocenters. The average molecular weight is 539 g/mol. The molecule has 1 aliphatic rings. The van der Waals surface area contributed by atoms with E-state index in [2.05, 4.69) is 15.0 Å². The highest BCUT2D eigenvalue weighted by atomic mass is 35.5. The molecule has 0 spiro atoms.